The lowest BCUT2D eigenvalue weighted by Gasteiger charge is -2.05. The summed E-state index contributed by atoms with van der Waals surface area (Å²) < 4.78 is 0. The monoisotopic (exact) mass is 313 g/mol. The van der Waals surface area contributed by atoms with Crippen molar-refractivity contribution in [3.05, 3.63) is 53.6 Å². The molecule has 2 aromatic heterocycles. The zero-order valence-electron chi connectivity index (χ0n) is 11.5. The van der Waals surface area contributed by atoms with Crippen LogP contribution in [0, 0.1) is 0 Å². The Morgan fingerprint density at radius 1 is 1.23 bits per heavy atom. The molecule has 0 aliphatic heterocycles. The van der Waals surface area contributed by atoms with E-state index in [1.807, 2.05) is 12.1 Å². The Kier molecular flexibility index (Phi) is 3.84. The molecule has 0 radical (unpaired) electrons. The predicted molar refractivity (Wildman–Crippen MR) is 83.0 cm³/mol. The molecule has 22 heavy (non-hydrogen) atoms. The van der Waals surface area contributed by atoms with Gasteiger partial charge in [0, 0.05) is 22.3 Å². The van der Waals surface area contributed by atoms with Crippen molar-refractivity contribution in [3.63, 3.8) is 0 Å². The lowest BCUT2D eigenvalue weighted by atomic mass is 10.0. The molecule has 0 spiro atoms. The number of H-pyrrole nitrogens is 1. The molecule has 0 bridgehead atoms. The maximum atomic E-state index is 11.3. The Hall–Kier alpha value is -2.73. The number of carbonyl (C=O) groups is 1. The zero-order valence-corrected chi connectivity index (χ0v) is 12.2. The van der Waals surface area contributed by atoms with Crippen LogP contribution in [0.5, 0.6) is 0 Å². The minimum absolute atomic E-state index is 0.0555. The Morgan fingerprint density at radius 2 is 2.00 bits per heavy atom. The second-order valence-electron chi connectivity index (χ2n) is 4.67. The van der Waals surface area contributed by atoms with Gasteiger partial charge in [-0.05, 0) is 18.2 Å². The van der Waals surface area contributed by atoms with Gasteiger partial charge in [-0.3, -0.25) is 9.89 Å². The second kappa shape index (κ2) is 5.95. The lowest BCUT2D eigenvalue weighted by Crippen LogP contribution is -2.14. The summed E-state index contributed by atoms with van der Waals surface area (Å²) in [7, 11) is 0. The first kappa shape index (κ1) is 14.2. The molecular formula is C15H12ClN5O. The quantitative estimate of drug-likeness (QED) is 0.771. The lowest BCUT2D eigenvalue weighted by molar-refractivity contribution is -0.117. The van der Waals surface area contributed by atoms with Gasteiger partial charge in [0.25, 0.3) is 0 Å². The fraction of sp³-hybridized carbons (Fsp3) is 0.0667. The molecule has 0 saturated heterocycles. The fourth-order valence-corrected chi connectivity index (χ4v) is 2.34. The highest BCUT2D eigenvalue weighted by Gasteiger charge is 2.18. The standard InChI is InChI=1S/C15H12ClN5O/c16-10-3-1-9(2-4-10)15-14(11-5-6-18-8-19-11)12(20-21-15)7-13(17)22/h1-6,8H,7H2,(H2,17,22)(H,20,21). The van der Waals surface area contributed by atoms with E-state index in [1.54, 1.807) is 24.4 Å². The van der Waals surface area contributed by atoms with Crippen LogP contribution in [0.2, 0.25) is 5.02 Å². The van der Waals surface area contributed by atoms with Crippen LogP contribution in [0.15, 0.2) is 42.9 Å². The summed E-state index contributed by atoms with van der Waals surface area (Å²) in [6.45, 7) is 0. The van der Waals surface area contributed by atoms with Gasteiger partial charge in [-0.1, -0.05) is 23.7 Å². The number of halogens is 1. The molecule has 2 heterocycles. The normalized spacial score (nSPS) is 10.6. The van der Waals surface area contributed by atoms with Gasteiger partial charge in [0.05, 0.1) is 17.8 Å². The maximum absolute atomic E-state index is 11.3. The number of nitrogens with one attached hydrogen (secondary N) is 1. The Balaban J connectivity index is 2.16. The molecule has 0 aliphatic carbocycles. The molecule has 0 unspecified atom stereocenters. The number of aromatic nitrogens is 4. The molecule has 0 saturated carbocycles. The molecule has 3 rings (SSSR count). The van der Waals surface area contributed by atoms with E-state index < -0.39 is 5.91 Å². The van der Waals surface area contributed by atoms with E-state index in [4.69, 9.17) is 17.3 Å². The molecule has 1 aromatic carbocycles. The third-order valence-corrected chi connectivity index (χ3v) is 3.40. The van der Waals surface area contributed by atoms with Gasteiger partial charge in [-0.2, -0.15) is 5.10 Å². The minimum atomic E-state index is -0.443. The number of carbonyl (C=O) groups excluding carboxylic acids is 1. The molecule has 3 aromatic rings. The molecule has 1 amide bonds. The minimum Gasteiger partial charge on any atom is -0.369 e. The number of hydrogen-bond donors (Lipinski definition) is 2. The van der Waals surface area contributed by atoms with Gasteiger partial charge >= 0.3 is 0 Å². The molecule has 110 valence electrons. The SMILES string of the molecule is NC(=O)Cc1[nH]nc(-c2ccc(Cl)cc2)c1-c1ccncn1. The van der Waals surface area contributed by atoms with Crippen LogP contribution < -0.4 is 5.73 Å². The summed E-state index contributed by atoms with van der Waals surface area (Å²) in [5.41, 5.74) is 8.89. The molecule has 0 aliphatic rings. The Labute approximate surface area is 131 Å². The Morgan fingerprint density at radius 3 is 2.64 bits per heavy atom. The summed E-state index contributed by atoms with van der Waals surface area (Å²) in [6.07, 6.45) is 3.14. The molecular weight excluding hydrogens is 302 g/mol. The van der Waals surface area contributed by atoms with Crippen LogP contribution in [0.3, 0.4) is 0 Å². The summed E-state index contributed by atoms with van der Waals surface area (Å²) in [6, 6.07) is 9.04. The molecule has 3 N–H and O–H groups in total. The van der Waals surface area contributed by atoms with Crippen molar-refractivity contribution in [2.75, 3.05) is 0 Å². The number of hydrogen-bond acceptors (Lipinski definition) is 4. The molecule has 0 fully saturated rings. The molecule has 6 nitrogen and oxygen atoms in total. The predicted octanol–water partition coefficient (Wildman–Crippen LogP) is 2.21. The number of amides is 1. The largest absolute Gasteiger partial charge is 0.369 e. The van der Waals surface area contributed by atoms with Gasteiger partial charge < -0.3 is 5.73 Å². The van der Waals surface area contributed by atoms with Crippen molar-refractivity contribution >= 4 is 17.5 Å². The number of benzene rings is 1. The van der Waals surface area contributed by atoms with Crippen LogP contribution in [0.25, 0.3) is 22.5 Å². The van der Waals surface area contributed by atoms with Crippen molar-refractivity contribution in [1.82, 2.24) is 20.2 Å². The Bertz CT molecular complexity index is 799. The average Bonchev–Trinajstić information content (AvgIpc) is 2.91. The van der Waals surface area contributed by atoms with Crippen LogP contribution in [0.1, 0.15) is 5.69 Å². The molecule has 0 atom stereocenters. The average molecular weight is 314 g/mol. The van der Waals surface area contributed by atoms with Gasteiger partial charge in [0.1, 0.15) is 12.0 Å². The van der Waals surface area contributed by atoms with E-state index in [1.165, 1.54) is 6.33 Å². The highest BCUT2D eigenvalue weighted by Crippen LogP contribution is 2.32. The van der Waals surface area contributed by atoms with E-state index >= 15 is 0 Å². The van der Waals surface area contributed by atoms with Crippen molar-refractivity contribution in [3.8, 4) is 22.5 Å². The van der Waals surface area contributed by atoms with Gasteiger partial charge in [0.2, 0.25) is 5.91 Å². The number of nitrogens with zero attached hydrogens (tertiary/aromatic N) is 3. The van der Waals surface area contributed by atoms with Gasteiger partial charge in [0.15, 0.2) is 0 Å². The first-order valence-electron chi connectivity index (χ1n) is 6.53. The summed E-state index contributed by atoms with van der Waals surface area (Å²) in [4.78, 5) is 19.4. The number of aromatic amines is 1. The first-order chi connectivity index (χ1) is 10.6. The van der Waals surface area contributed by atoms with E-state index in [0.29, 0.717) is 22.1 Å². The van der Waals surface area contributed by atoms with Crippen LogP contribution >= 0.6 is 11.6 Å². The maximum Gasteiger partial charge on any atom is 0.223 e. The summed E-state index contributed by atoms with van der Waals surface area (Å²) in [5, 5.41) is 7.82. The molecule has 7 heteroatoms. The van der Waals surface area contributed by atoms with Crippen LogP contribution in [0.4, 0.5) is 0 Å². The van der Waals surface area contributed by atoms with Gasteiger partial charge in [-0.25, -0.2) is 9.97 Å². The van der Waals surface area contributed by atoms with Crippen molar-refractivity contribution in [2.24, 2.45) is 5.73 Å². The summed E-state index contributed by atoms with van der Waals surface area (Å²) >= 11 is 5.92. The number of rotatable bonds is 4. The van der Waals surface area contributed by atoms with E-state index in [2.05, 4.69) is 20.2 Å². The highest BCUT2D eigenvalue weighted by molar-refractivity contribution is 6.30. The topological polar surface area (TPSA) is 97.6 Å². The number of nitrogens with two attached hydrogens (primary N) is 1. The summed E-state index contributed by atoms with van der Waals surface area (Å²) in [5.74, 6) is -0.443. The number of primary amides is 1. The third-order valence-electron chi connectivity index (χ3n) is 3.15. The second-order valence-corrected chi connectivity index (χ2v) is 5.11. The van der Waals surface area contributed by atoms with E-state index in [0.717, 1.165) is 11.1 Å². The highest BCUT2D eigenvalue weighted by atomic mass is 35.5. The van der Waals surface area contributed by atoms with Crippen molar-refractivity contribution < 1.29 is 4.79 Å². The van der Waals surface area contributed by atoms with E-state index in [-0.39, 0.29) is 6.42 Å². The smallest absolute Gasteiger partial charge is 0.223 e. The van der Waals surface area contributed by atoms with Crippen molar-refractivity contribution in [2.45, 2.75) is 6.42 Å². The zero-order chi connectivity index (χ0) is 15.5. The fourth-order valence-electron chi connectivity index (χ4n) is 2.21. The van der Waals surface area contributed by atoms with Crippen LogP contribution in [-0.2, 0) is 11.2 Å². The third kappa shape index (κ3) is 2.82. The first-order valence-corrected chi connectivity index (χ1v) is 6.91. The van der Waals surface area contributed by atoms with Crippen LogP contribution in [-0.4, -0.2) is 26.1 Å². The van der Waals surface area contributed by atoms with E-state index in [9.17, 15) is 4.79 Å². The van der Waals surface area contributed by atoms with Crippen molar-refractivity contribution in [1.29, 1.82) is 0 Å². The van der Waals surface area contributed by atoms with Gasteiger partial charge in [-0.15, -0.1) is 0 Å².